The van der Waals surface area contributed by atoms with Crippen LogP contribution in [0.5, 0.6) is 0 Å². The first kappa shape index (κ1) is 19.9. The summed E-state index contributed by atoms with van der Waals surface area (Å²) in [5.74, 6) is 0.489. The molecule has 1 atom stereocenters. The number of aromatic nitrogens is 2. The van der Waals surface area contributed by atoms with Crippen molar-refractivity contribution >= 4 is 21.4 Å². The summed E-state index contributed by atoms with van der Waals surface area (Å²) in [5.41, 5.74) is 4.89. The molecule has 8 heteroatoms. The fourth-order valence-electron chi connectivity index (χ4n) is 4.45. The normalized spacial score (nSPS) is 21.6. The molecule has 2 fully saturated rings. The number of rotatable bonds is 3. The molecule has 2 aliphatic rings. The van der Waals surface area contributed by atoms with Crippen LogP contribution in [-0.4, -0.2) is 66.7 Å². The van der Waals surface area contributed by atoms with Crippen LogP contribution in [0, 0.1) is 20.8 Å². The minimum atomic E-state index is -2.95. The topological polar surface area (TPSA) is 75.5 Å². The van der Waals surface area contributed by atoms with Crippen molar-refractivity contribution in [3.63, 3.8) is 0 Å². The first-order valence-corrected chi connectivity index (χ1v) is 11.9. The summed E-state index contributed by atoms with van der Waals surface area (Å²) in [6.45, 7) is 8.82. The lowest BCUT2D eigenvalue weighted by molar-refractivity contribution is 0.0746. The van der Waals surface area contributed by atoms with Gasteiger partial charge in [-0.1, -0.05) is 17.7 Å². The van der Waals surface area contributed by atoms with Crippen LogP contribution in [0.25, 0.3) is 0 Å². The van der Waals surface area contributed by atoms with Gasteiger partial charge >= 0.3 is 0 Å². The number of hydrogen-bond donors (Lipinski definition) is 0. The number of amides is 1. The molecular formula is C21H28N4O3S. The number of nitrogens with zero attached hydrogens (tertiary/aromatic N) is 4. The van der Waals surface area contributed by atoms with Gasteiger partial charge in [-0.2, -0.15) is 5.10 Å². The van der Waals surface area contributed by atoms with Gasteiger partial charge < -0.3 is 9.80 Å². The van der Waals surface area contributed by atoms with Crippen molar-refractivity contribution in [2.45, 2.75) is 33.2 Å². The SMILES string of the molecule is Cc1ccc(C(=O)N2CCN(c3c(C)nn(C4CCS(=O)(=O)C4)c3C)CC2)cc1. The summed E-state index contributed by atoms with van der Waals surface area (Å²) < 4.78 is 25.6. The van der Waals surface area contributed by atoms with Gasteiger partial charge in [0.15, 0.2) is 9.84 Å². The maximum atomic E-state index is 12.8. The van der Waals surface area contributed by atoms with Gasteiger partial charge in [0.1, 0.15) is 0 Å². The van der Waals surface area contributed by atoms with E-state index < -0.39 is 9.84 Å². The van der Waals surface area contributed by atoms with Crippen molar-refractivity contribution in [1.29, 1.82) is 0 Å². The third-order valence-corrected chi connectivity index (χ3v) is 7.77. The van der Waals surface area contributed by atoms with Gasteiger partial charge in [-0.3, -0.25) is 9.48 Å². The molecule has 1 aromatic heterocycles. The van der Waals surface area contributed by atoms with Crippen LogP contribution in [0.1, 0.15) is 39.8 Å². The molecule has 0 N–H and O–H groups in total. The molecule has 0 aliphatic carbocycles. The predicted molar refractivity (Wildman–Crippen MR) is 113 cm³/mol. The molecule has 0 radical (unpaired) electrons. The number of aryl methyl sites for hydroxylation is 2. The zero-order valence-corrected chi connectivity index (χ0v) is 18.1. The maximum Gasteiger partial charge on any atom is 0.253 e. The van der Waals surface area contributed by atoms with Gasteiger partial charge in [0.2, 0.25) is 0 Å². The van der Waals surface area contributed by atoms with Gasteiger partial charge in [0.25, 0.3) is 5.91 Å². The second-order valence-corrected chi connectivity index (χ2v) is 10.4. The average Bonchev–Trinajstić information content (AvgIpc) is 3.20. The lowest BCUT2D eigenvalue weighted by Crippen LogP contribution is -2.49. The predicted octanol–water partition coefficient (Wildman–Crippen LogP) is 2.13. The second kappa shape index (κ2) is 7.48. The van der Waals surface area contributed by atoms with Crippen LogP contribution < -0.4 is 4.90 Å². The van der Waals surface area contributed by atoms with Gasteiger partial charge in [-0.15, -0.1) is 0 Å². The Morgan fingerprint density at radius 1 is 1.03 bits per heavy atom. The number of piperazine rings is 1. The molecule has 1 aromatic carbocycles. The highest BCUT2D eigenvalue weighted by Crippen LogP contribution is 2.31. The van der Waals surface area contributed by atoms with Gasteiger partial charge in [0.05, 0.1) is 34.6 Å². The van der Waals surface area contributed by atoms with E-state index in [1.54, 1.807) is 0 Å². The minimum Gasteiger partial charge on any atom is -0.365 e. The highest BCUT2D eigenvalue weighted by Gasteiger charge is 2.33. The second-order valence-electron chi connectivity index (χ2n) is 8.17. The van der Waals surface area contributed by atoms with E-state index in [4.69, 9.17) is 0 Å². The lowest BCUT2D eigenvalue weighted by atomic mass is 10.1. The first-order valence-electron chi connectivity index (χ1n) is 10.1. The summed E-state index contributed by atoms with van der Waals surface area (Å²) in [4.78, 5) is 16.9. The molecule has 0 saturated carbocycles. The quantitative estimate of drug-likeness (QED) is 0.766. The highest BCUT2D eigenvalue weighted by molar-refractivity contribution is 7.91. The monoisotopic (exact) mass is 416 g/mol. The Balaban J connectivity index is 1.46. The molecule has 0 spiro atoms. The van der Waals surface area contributed by atoms with E-state index in [2.05, 4.69) is 10.00 Å². The van der Waals surface area contributed by atoms with Crippen LogP contribution in [0.2, 0.25) is 0 Å². The molecule has 4 rings (SSSR count). The van der Waals surface area contributed by atoms with Crippen molar-refractivity contribution in [3.8, 4) is 0 Å². The molecule has 3 heterocycles. The van der Waals surface area contributed by atoms with Crippen molar-refractivity contribution < 1.29 is 13.2 Å². The van der Waals surface area contributed by atoms with Crippen molar-refractivity contribution in [2.75, 3.05) is 42.6 Å². The zero-order chi connectivity index (χ0) is 20.8. The van der Waals surface area contributed by atoms with Crippen LogP contribution in [0.15, 0.2) is 24.3 Å². The van der Waals surface area contributed by atoms with E-state index in [0.717, 1.165) is 41.3 Å². The zero-order valence-electron chi connectivity index (χ0n) is 17.3. The summed E-state index contributed by atoms with van der Waals surface area (Å²) in [6, 6.07) is 7.63. The third-order valence-electron chi connectivity index (χ3n) is 6.02. The van der Waals surface area contributed by atoms with Crippen LogP contribution >= 0.6 is 0 Å². The van der Waals surface area contributed by atoms with Crippen LogP contribution in [0.4, 0.5) is 5.69 Å². The number of carbonyl (C=O) groups excluding carboxylic acids is 1. The van der Waals surface area contributed by atoms with Crippen LogP contribution in [0.3, 0.4) is 0 Å². The van der Waals surface area contributed by atoms with Crippen LogP contribution in [-0.2, 0) is 9.84 Å². The molecule has 156 valence electrons. The molecule has 2 aromatic rings. The summed E-state index contributed by atoms with van der Waals surface area (Å²) in [6.07, 6.45) is 0.628. The standard InChI is InChI=1S/C21H28N4O3S/c1-15-4-6-18(7-5-15)21(26)24-11-9-23(10-12-24)20-16(2)22-25(17(20)3)19-8-13-29(27,28)14-19/h4-7,19H,8-14H2,1-3H3. The number of benzene rings is 1. The molecule has 1 unspecified atom stereocenters. The molecule has 0 bridgehead atoms. The van der Waals surface area contributed by atoms with Gasteiger partial charge in [0, 0.05) is 31.7 Å². The fourth-order valence-corrected chi connectivity index (χ4v) is 6.14. The number of anilines is 1. The largest absolute Gasteiger partial charge is 0.365 e. The highest BCUT2D eigenvalue weighted by atomic mass is 32.2. The Morgan fingerprint density at radius 3 is 2.28 bits per heavy atom. The molecule has 7 nitrogen and oxygen atoms in total. The van der Waals surface area contributed by atoms with Crippen molar-refractivity contribution in [1.82, 2.24) is 14.7 Å². The summed E-state index contributed by atoms with van der Waals surface area (Å²) in [7, 11) is -2.95. The summed E-state index contributed by atoms with van der Waals surface area (Å²) in [5, 5.41) is 4.67. The Bertz CT molecular complexity index is 1020. The van der Waals surface area contributed by atoms with E-state index in [1.165, 1.54) is 0 Å². The van der Waals surface area contributed by atoms with E-state index in [9.17, 15) is 13.2 Å². The van der Waals surface area contributed by atoms with E-state index in [1.807, 2.05) is 54.6 Å². The van der Waals surface area contributed by atoms with Gasteiger partial charge in [-0.05, 0) is 39.3 Å². The molecule has 29 heavy (non-hydrogen) atoms. The first-order chi connectivity index (χ1) is 13.7. The average molecular weight is 417 g/mol. The lowest BCUT2D eigenvalue weighted by Gasteiger charge is -2.36. The maximum absolute atomic E-state index is 12.8. The third kappa shape index (κ3) is 3.90. The smallest absolute Gasteiger partial charge is 0.253 e. The van der Waals surface area contributed by atoms with Crippen molar-refractivity contribution in [2.24, 2.45) is 0 Å². The fraction of sp³-hybridized carbons (Fsp3) is 0.524. The Kier molecular flexibility index (Phi) is 5.14. The van der Waals surface area contributed by atoms with E-state index >= 15 is 0 Å². The molecule has 2 saturated heterocycles. The number of carbonyl (C=O) groups is 1. The summed E-state index contributed by atoms with van der Waals surface area (Å²) >= 11 is 0. The van der Waals surface area contributed by atoms with Crippen molar-refractivity contribution in [3.05, 3.63) is 46.8 Å². The van der Waals surface area contributed by atoms with E-state index in [-0.39, 0.29) is 23.5 Å². The Labute approximate surface area is 172 Å². The van der Waals surface area contributed by atoms with E-state index in [0.29, 0.717) is 19.5 Å². The number of sulfone groups is 1. The molecule has 2 aliphatic heterocycles. The molecule has 1 amide bonds. The molecular weight excluding hydrogens is 388 g/mol. The Morgan fingerprint density at radius 2 is 1.69 bits per heavy atom. The van der Waals surface area contributed by atoms with Gasteiger partial charge in [-0.25, -0.2) is 8.42 Å². The number of hydrogen-bond acceptors (Lipinski definition) is 5. The Hall–Kier alpha value is -2.35. The minimum absolute atomic E-state index is 0.0724.